The number of phenols is 1. The molecule has 84 valence electrons. The fourth-order valence-electron chi connectivity index (χ4n) is 0.977. The maximum atomic E-state index is 10.6. The topological polar surface area (TPSA) is 114 Å². The number of hydrogen-bond donors (Lipinski definition) is 3. The second kappa shape index (κ2) is 5.03. The summed E-state index contributed by atoms with van der Waals surface area (Å²) in [4.78, 5) is 10.0. The maximum absolute atomic E-state index is 10.6. The number of benzene rings is 1. The number of nitro groups is 1. The first-order chi connectivity index (χ1) is 7.50. The number of aromatic hydroxyl groups is 1. The number of hydrazone groups is 1. The molecule has 0 radical (unpaired) electrons. The Hall–Kier alpha value is -2.22. The minimum Gasteiger partial charge on any atom is -0.508 e. The van der Waals surface area contributed by atoms with Crippen molar-refractivity contribution in [2.24, 2.45) is 10.8 Å². The number of hydrogen-bond acceptors (Lipinski definition) is 5. The Kier molecular flexibility index (Phi) is 3.72. The number of nitrogens with zero attached hydrogens (tertiary/aromatic N) is 2. The van der Waals surface area contributed by atoms with Crippen LogP contribution < -0.4 is 11.2 Å². The highest BCUT2D eigenvalue weighted by molar-refractivity contribution is 7.80. The van der Waals surface area contributed by atoms with Gasteiger partial charge in [0.05, 0.1) is 16.7 Å². The van der Waals surface area contributed by atoms with Crippen molar-refractivity contribution in [2.45, 2.75) is 0 Å². The maximum Gasteiger partial charge on any atom is 0.278 e. The summed E-state index contributed by atoms with van der Waals surface area (Å²) in [7, 11) is 0. The minimum atomic E-state index is -0.582. The Balaban J connectivity index is 3.01. The van der Waals surface area contributed by atoms with Gasteiger partial charge in [-0.05, 0) is 24.4 Å². The summed E-state index contributed by atoms with van der Waals surface area (Å²) in [5.74, 6) is -0.0950. The first-order valence-corrected chi connectivity index (χ1v) is 4.47. The predicted molar refractivity (Wildman–Crippen MR) is 62.3 cm³/mol. The van der Waals surface area contributed by atoms with E-state index in [9.17, 15) is 15.2 Å². The quantitative estimate of drug-likeness (QED) is 0.306. The number of nitrogens with one attached hydrogen (secondary N) is 1. The third-order valence-corrected chi connectivity index (χ3v) is 1.68. The van der Waals surface area contributed by atoms with Crippen LogP contribution in [0.15, 0.2) is 23.3 Å². The molecule has 0 spiro atoms. The summed E-state index contributed by atoms with van der Waals surface area (Å²) in [6, 6.07) is 3.61. The van der Waals surface area contributed by atoms with E-state index in [-0.39, 0.29) is 22.1 Å². The zero-order chi connectivity index (χ0) is 12.1. The Labute approximate surface area is 95.7 Å². The fraction of sp³-hybridized carbons (Fsp3) is 0. The van der Waals surface area contributed by atoms with Gasteiger partial charge in [-0.1, -0.05) is 0 Å². The summed E-state index contributed by atoms with van der Waals surface area (Å²) in [5, 5.41) is 23.3. The van der Waals surface area contributed by atoms with Gasteiger partial charge in [0.25, 0.3) is 5.69 Å². The first kappa shape index (κ1) is 11.9. The molecule has 1 aromatic carbocycles. The third-order valence-electron chi connectivity index (χ3n) is 1.59. The van der Waals surface area contributed by atoms with Crippen LogP contribution in [0.3, 0.4) is 0 Å². The van der Waals surface area contributed by atoms with Crippen LogP contribution in [0.4, 0.5) is 5.69 Å². The van der Waals surface area contributed by atoms with Crippen LogP contribution in [0, 0.1) is 10.1 Å². The molecule has 0 bridgehead atoms. The van der Waals surface area contributed by atoms with Crippen molar-refractivity contribution in [3.8, 4) is 5.75 Å². The zero-order valence-corrected chi connectivity index (χ0v) is 8.77. The molecule has 0 atom stereocenters. The van der Waals surface area contributed by atoms with Crippen LogP contribution in [0.1, 0.15) is 5.56 Å². The van der Waals surface area contributed by atoms with Crippen molar-refractivity contribution in [1.29, 1.82) is 0 Å². The largest absolute Gasteiger partial charge is 0.508 e. The molecular formula is C8H8N4O3S. The average molecular weight is 240 g/mol. The predicted octanol–water partition coefficient (Wildman–Crippen LogP) is 0.468. The standard InChI is InChI=1S/C8H8N4O3S/c9-8(16)11-10-4-5-3-6(13)1-2-7(5)12(14)15/h1-4,13H,(H3,9,11,16). The highest BCUT2D eigenvalue weighted by atomic mass is 32.1. The lowest BCUT2D eigenvalue weighted by molar-refractivity contribution is -0.385. The van der Waals surface area contributed by atoms with Crippen molar-refractivity contribution in [3.05, 3.63) is 33.9 Å². The lowest BCUT2D eigenvalue weighted by Gasteiger charge is -1.98. The van der Waals surface area contributed by atoms with E-state index in [1.54, 1.807) is 0 Å². The molecule has 0 saturated heterocycles. The molecule has 0 aliphatic carbocycles. The Bertz CT molecular complexity index is 461. The molecule has 0 aliphatic heterocycles. The highest BCUT2D eigenvalue weighted by Crippen LogP contribution is 2.21. The van der Waals surface area contributed by atoms with Crippen LogP contribution in [-0.4, -0.2) is 21.4 Å². The molecule has 0 aliphatic rings. The molecule has 8 heteroatoms. The smallest absolute Gasteiger partial charge is 0.278 e. The van der Waals surface area contributed by atoms with E-state index in [1.165, 1.54) is 18.2 Å². The SMILES string of the molecule is NC(=S)NN=Cc1cc(O)ccc1[N+](=O)[O-]. The molecule has 0 aromatic heterocycles. The van der Waals surface area contributed by atoms with E-state index in [0.29, 0.717) is 0 Å². The normalized spacial score (nSPS) is 10.2. The summed E-state index contributed by atoms with van der Waals surface area (Å²) in [5.41, 5.74) is 7.33. The monoisotopic (exact) mass is 240 g/mol. The second-order valence-electron chi connectivity index (χ2n) is 2.73. The van der Waals surface area contributed by atoms with E-state index < -0.39 is 4.92 Å². The molecule has 0 amide bonds. The number of thiocarbonyl (C=S) groups is 1. The van der Waals surface area contributed by atoms with Crippen molar-refractivity contribution in [3.63, 3.8) is 0 Å². The lowest BCUT2D eigenvalue weighted by Crippen LogP contribution is -2.24. The van der Waals surface area contributed by atoms with Gasteiger partial charge in [0, 0.05) is 6.07 Å². The van der Waals surface area contributed by atoms with E-state index >= 15 is 0 Å². The molecule has 1 aromatic rings. The minimum absolute atomic E-state index is 0.0564. The summed E-state index contributed by atoms with van der Waals surface area (Å²) >= 11 is 4.49. The summed E-state index contributed by atoms with van der Waals surface area (Å²) in [6.45, 7) is 0. The molecule has 0 unspecified atom stereocenters. The molecular weight excluding hydrogens is 232 g/mol. The average Bonchev–Trinajstić information content (AvgIpc) is 2.16. The zero-order valence-electron chi connectivity index (χ0n) is 7.95. The number of rotatable bonds is 3. The molecule has 16 heavy (non-hydrogen) atoms. The van der Waals surface area contributed by atoms with Gasteiger partial charge in [0.15, 0.2) is 5.11 Å². The molecule has 0 heterocycles. The van der Waals surface area contributed by atoms with Crippen LogP contribution >= 0.6 is 12.2 Å². The molecule has 0 fully saturated rings. The fourth-order valence-corrected chi connectivity index (χ4v) is 1.03. The van der Waals surface area contributed by atoms with E-state index in [4.69, 9.17) is 5.73 Å². The molecule has 0 saturated carbocycles. The highest BCUT2D eigenvalue weighted by Gasteiger charge is 2.12. The van der Waals surface area contributed by atoms with Gasteiger partial charge in [-0.3, -0.25) is 15.5 Å². The number of phenolic OH excluding ortho intramolecular Hbond substituents is 1. The van der Waals surface area contributed by atoms with Gasteiger partial charge < -0.3 is 10.8 Å². The van der Waals surface area contributed by atoms with E-state index in [0.717, 1.165) is 6.21 Å². The van der Waals surface area contributed by atoms with Crippen molar-refractivity contribution in [1.82, 2.24) is 5.43 Å². The van der Waals surface area contributed by atoms with Crippen molar-refractivity contribution < 1.29 is 10.0 Å². The van der Waals surface area contributed by atoms with E-state index in [2.05, 4.69) is 22.7 Å². The van der Waals surface area contributed by atoms with Crippen molar-refractivity contribution >= 4 is 29.2 Å². The van der Waals surface area contributed by atoms with Gasteiger partial charge in [-0.15, -0.1) is 0 Å². The van der Waals surface area contributed by atoms with Crippen LogP contribution in [-0.2, 0) is 0 Å². The van der Waals surface area contributed by atoms with Crippen molar-refractivity contribution in [2.75, 3.05) is 0 Å². The van der Waals surface area contributed by atoms with Gasteiger partial charge in [0.1, 0.15) is 5.75 Å². The van der Waals surface area contributed by atoms with Gasteiger partial charge in [-0.2, -0.15) is 5.10 Å². The van der Waals surface area contributed by atoms with Crippen LogP contribution in [0.25, 0.3) is 0 Å². The van der Waals surface area contributed by atoms with Gasteiger partial charge in [0.2, 0.25) is 0 Å². The van der Waals surface area contributed by atoms with Crippen LogP contribution in [0.5, 0.6) is 5.75 Å². The number of nitrogens with two attached hydrogens (primary N) is 1. The van der Waals surface area contributed by atoms with Gasteiger partial charge >= 0.3 is 0 Å². The third kappa shape index (κ3) is 3.17. The van der Waals surface area contributed by atoms with Crippen LogP contribution in [0.2, 0.25) is 0 Å². The summed E-state index contributed by atoms with van der Waals surface area (Å²) < 4.78 is 0. The van der Waals surface area contributed by atoms with Gasteiger partial charge in [-0.25, -0.2) is 0 Å². The Morgan fingerprint density at radius 2 is 2.38 bits per heavy atom. The number of nitro benzene ring substituents is 1. The Morgan fingerprint density at radius 1 is 1.69 bits per heavy atom. The Morgan fingerprint density at radius 3 is 2.94 bits per heavy atom. The molecule has 1 rings (SSSR count). The summed E-state index contributed by atoms with van der Waals surface area (Å²) in [6.07, 6.45) is 1.15. The van der Waals surface area contributed by atoms with E-state index in [1.807, 2.05) is 0 Å². The lowest BCUT2D eigenvalue weighted by atomic mass is 10.2. The molecule has 7 nitrogen and oxygen atoms in total. The molecule has 4 N–H and O–H groups in total. The second-order valence-corrected chi connectivity index (χ2v) is 3.17. The first-order valence-electron chi connectivity index (χ1n) is 4.06.